The van der Waals surface area contributed by atoms with Gasteiger partial charge in [-0.25, -0.2) is 0 Å². The first-order valence-electron chi connectivity index (χ1n) is 7.40. The molecule has 5 heteroatoms. The summed E-state index contributed by atoms with van der Waals surface area (Å²) in [5.74, 6) is 0.461. The van der Waals surface area contributed by atoms with Gasteiger partial charge in [-0.15, -0.1) is 0 Å². The minimum absolute atomic E-state index is 0.200. The van der Waals surface area contributed by atoms with E-state index in [2.05, 4.69) is 10.3 Å². The first-order chi connectivity index (χ1) is 11.7. The molecule has 0 saturated heterocycles. The quantitative estimate of drug-likeness (QED) is 0.741. The standard InChI is InChI=1S/C19H15ClN2O2/c20-15-9-7-14(8-10-15)19(23)22-16-5-3-6-18(12-16)24-13-17-4-1-2-11-21-17/h1-12H,13H2,(H,22,23). The lowest BCUT2D eigenvalue weighted by Gasteiger charge is -2.09. The van der Waals surface area contributed by atoms with Crippen LogP contribution in [-0.2, 0) is 6.61 Å². The van der Waals surface area contributed by atoms with Crippen molar-refractivity contribution in [1.82, 2.24) is 4.98 Å². The summed E-state index contributed by atoms with van der Waals surface area (Å²) in [6.07, 6.45) is 1.72. The molecule has 3 aromatic rings. The summed E-state index contributed by atoms with van der Waals surface area (Å²) in [5, 5.41) is 3.43. The maximum Gasteiger partial charge on any atom is 0.255 e. The summed E-state index contributed by atoms with van der Waals surface area (Å²) >= 11 is 5.83. The molecule has 4 nitrogen and oxygen atoms in total. The summed E-state index contributed by atoms with van der Waals surface area (Å²) in [5.41, 5.74) is 2.04. The predicted molar refractivity (Wildman–Crippen MR) is 94.4 cm³/mol. The molecule has 0 aliphatic rings. The van der Waals surface area contributed by atoms with E-state index in [-0.39, 0.29) is 5.91 Å². The van der Waals surface area contributed by atoms with Gasteiger partial charge in [0.05, 0.1) is 5.69 Å². The van der Waals surface area contributed by atoms with Crippen LogP contribution in [0.3, 0.4) is 0 Å². The number of nitrogens with zero attached hydrogens (tertiary/aromatic N) is 1. The van der Waals surface area contributed by atoms with Crippen LogP contribution in [0.25, 0.3) is 0 Å². The monoisotopic (exact) mass is 338 g/mol. The minimum atomic E-state index is -0.200. The molecule has 24 heavy (non-hydrogen) atoms. The van der Waals surface area contributed by atoms with Crippen LogP contribution in [0, 0.1) is 0 Å². The van der Waals surface area contributed by atoms with Crippen LogP contribution in [0.5, 0.6) is 5.75 Å². The molecule has 0 unspecified atom stereocenters. The van der Waals surface area contributed by atoms with Crippen molar-refractivity contribution in [3.63, 3.8) is 0 Å². The number of halogens is 1. The van der Waals surface area contributed by atoms with Gasteiger partial charge in [0.15, 0.2) is 0 Å². The van der Waals surface area contributed by atoms with Gasteiger partial charge in [0.2, 0.25) is 0 Å². The number of carbonyl (C=O) groups excluding carboxylic acids is 1. The Morgan fingerprint density at radius 2 is 1.88 bits per heavy atom. The highest BCUT2D eigenvalue weighted by Crippen LogP contribution is 2.19. The molecule has 0 saturated carbocycles. The van der Waals surface area contributed by atoms with Crippen LogP contribution in [0.4, 0.5) is 5.69 Å². The predicted octanol–water partition coefficient (Wildman–Crippen LogP) is 4.57. The zero-order valence-electron chi connectivity index (χ0n) is 12.8. The zero-order chi connectivity index (χ0) is 16.8. The Morgan fingerprint density at radius 3 is 2.62 bits per heavy atom. The van der Waals surface area contributed by atoms with Gasteiger partial charge < -0.3 is 10.1 Å². The number of benzene rings is 2. The van der Waals surface area contributed by atoms with Crippen LogP contribution < -0.4 is 10.1 Å². The number of hydrogen-bond donors (Lipinski definition) is 1. The van der Waals surface area contributed by atoms with Crippen LogP contribution in [0.15, 0.2) is 72.9 Å². The molecule has 1 heterocycles. The third-order valence-electron chi connectivity index (χ3n) is 3.31. The largest absolute Gasteiger partial charge is 0.487 e. The molecular weight excluding hydrogens is 324 g/mol. The molecular formula is C19H15ClN2O2. The normalized spacial score (nSPS) is 10.2. The Balaban J connectivity index is 1.64. The van der Waals surface area contributed by atoms with Crippen LogP contribution in [-0.4, -0.2) is 10.9 Å². The van der Waals surface area contributed by atoms with E-state index in [1.54, 1.807) is 42.6 Å². The van der Waals surface area contributed by atoms with Crippen molar-refractivity contribution in [2.45, 2.75) is 6.61 Å². The number of aromatic nitrogens is 1. The maximum atomic E-state index is 12.2. The number of pyridine rings is 1. The molecule has 0 aliphatic carbocycles. The number of amides is 1. The van der Waals surface area contributed by atoms with E-state index < -0.39 is 0 Å². The molecule has 0 spiro atoms. The van der Waals surface area contributed by atoms with E-state index >= 15 is 0 Å². The molecule has 0 fully saturated rings. The summed E-state index contributed by atoms with van der Waals surface area (Å²) < 4.78 is 5.70. The van der Waals surface area contributed by atoms with Gasteiger partial charge in [-0.05, 0) is 48.5 Å². The second-order valence-corrected chi connectivity index (χ2v) is 5.54. The minimum Gasteiger partial charge on any atom is -0.487 e. The average Bonchev–Trinajstić information content (AvgIpc) is 2.62. The van der Waals surface area contributed by atoms with E-state index in [0.29, 0.717) is 28.6 Å². The van der Waals surface area contributed by atoms with Crippen molar-refractivity contribution in [3.8, 4) is 5.75 Å². The Kier molecular flexibility index (Phi) is 5.08. The van der Waals surface area contributed by atoms with Gasteiger partial charge in [0.25, 0.3) is 5.91 Å². The van der Waals surface area contributed by atoms with Gasteiger partial charge in [-0.3, -0.25) is 9.78 Å². The van der Waals surface area contributed by atoms with Crippen LogP contribution in [0.1, 0.15) is 16.1 Å². The molecule has 0 aliphatic heterocycles. The molecule has 1 N–H and O–H groups in total. The molecule has 3 rings (SSSR count). The average molecular weight is 339 g/mol. The Bertz CT molecular complexity index is 820. The van der Waals surface area contributed by atoms with Crippen molar-refractivity contribution >= 4 is 23.2 Å². The molecule has 0 bridgehead atoms. The highest BCUT2D eigenvalue weighted by molar-refractivity contribution is 6.30. The fourth-order valence-corrected chi connectivity index (χ4v) is 2.23. The zero-order valence-corrected chi connectivity index (χ0v) is 13.5. The van der Waals surface area contributed by atoms with Crippen molar-refractivity contribution in [2.75, 3.05) is 5.32 Å². The SMILES string of the molecule is O=C(Nc1cccc(OCc2ccccn2)c1)c1ccc(Cl)cc1. The topological polar surface area (TPSA) is 51.2 Å². The van der Waals surface area contributed by atoms with E-state index in [1.165, 1.54) is 0 Å². The number of ether oxygens (including phenoxy) is 1. The molecule has 1 amide bonds. The number of rotatable bonds is 5. The lowest BCUT2D eigenvalue weighted by atomic mass is 10.2. The summed E-state index contributed by atoms with van der Waals surface area (Å²) in [6.45, 7) is 0.370. The highest BCUT2D eigenvalue weighted by atomic mass is 35.5. The number of anilines is 1. The van der Waals surface area contributed by atoms with Crippen molar-refractivity contribution in [1.29, 1.82) is 0 Å². The Morgan fingerprint density at radius 1 is 1.04 bits per heavy atom. The maximum absolute atomic E-state index is 12.2. The lowest BCUT2D eigenvalue weighted by Crippen LogP contribution is -2.11. The molecule has 0 radical (unpaired) electrons. The lowest BCUT2D eigenvalue weighted by molar-refractivity contribution is 0.102. The molecule has 2 aromatic carbocycles. The second-order valence-electron chi connectivity index (χ2n) is 5.10. The fraction of sp³-hybridized carbons (Fsp3) is 0.0526. The van der Waals surface area contributed by atoms with Crippen LogP contribution >= 0.6 is 11.6 Å². The Hall–Kier alpha value is -2.85. The highest BCUT2D eigenvalue weighted by Gasteiger charge is 2.06. The van der Waals surface area contributed by atoms with Gasteiger partial charge in [-0.2, -0.15) is 0 Å². The number of nitrogens with one attached hydrogen (secondary N) is 1. The smallest absolute Gasteiger partial charge is 0.255 e. The third kappa shape index (κ3) is 4.33. The van der Waals surface area contributed by atoms with Crippen molar-refractivity contribution < 1.29 is 9.53 Å². The van der Waals surface area contributed by atoms with E-state index in [9.17, 15) is 4.79 Å². The third-order valence-corrected chi connectivity index (χ3v) is 3.56. The van der Waals surface area contributed by atoms with Crippen LogP contribution in [0.2, 0.25) is 5.02 Å². The summed E-state index contributed by atoms with van der Waals surface area (Å²) in [7, 11) is 0. The van der Waals surface area contributed by atoms with Gasteiger partial charge in [0, 0.05) is 28.5 Å². The van der Waals surface area contributed by atoms with Crippen molar-refractivity contribution in [3.05, 3.63) is 89.2 Å². The van der Waals surface area contributed by atoms with Gasteiger partial charge >= 0.3 is 0 Å². The molecule has 120 valence electrons. The van der Waals surface area contributed by atoms with Gasteiger partial charge in [-0.1, -0.05) is 23.7 Å². The molecule has 1 aromatic heterocycles. The number of carbonyl (C=O) groups is 1. The van der Waals surface area contributed by atoms with Crippen molar-refractivity contribution in [2.24, 2.45) is 0 Å². The first-order valence-corrected chi connectivity index (χ1v) is 7.78. The fourth-order valence-electron chi connectivity index (χ4n) is 2.11. The Labute approximate surface area is 145 Å². The summed E-state index contributed by atoms with van der Waals surface area (Å²) in [4.78, 5) is 16.4. The first kappa shape index (κ1) is 16.0. The molecule has 0 atom stereocenters. The van der Waals surface area contributed by atoms with E-state index in [0.717, 1.165) is 5.69 Å². The van der Waals surface area contributed by atoms with E-state index in [1.807, 2.05) is 30.3 Å². The number of hydrogen-bond acceptors (Lipinski definition) is 3. The second kappa shape index (κ2) is 7.62. The van der Waals surface area contributed by atoms with E-state index in [4.69, 9.17) is 16.3 Å². The summed E-state index contributed by atoms with van der Waals surface area (Å²) in [6, 6.07) is 19.6. The van der Waals surface area contributed by atoms with Gasteiger partial charge in [0.1, 0.15) is 12.4 Å².